The lowest BCUT2D eigenvalue weighted by molar-refractivity contribution is -0.200. The molecular formula is C37H46N4O10. The second-order valence-electron chi connectivity index (χ2n) is 11.6. The number of hydrogen-bond donors (Lipinski definition) is 3. The number of unbranched alkanes of at least 4 members (excludes halogenated alkanes) is 2. The van der Waals surface area contributed by atoms with E-state index in [9.17, 15) is 28.8 Å². The van der Waals surface area contributed by atoms with Crippen molar-refractivity contribution < 1.29 is 47.5 Å². The van der Waals surface area contributed by atoms with Gasteiger partial charge in [-0.1, -0.05) is 75.6 Å². The second-order valence-corrected chi connectivity index (χ2v) is 11.6. The van der Waals surface area contributed by atoms with Crippen LogP contribution in [0.1, 0.15) is 78.8 Å². The van der Waals surface area contributed by atoms with Crippen LogP contribution in [0.3, 0.4) is 0 Å². The van der Waals surface area contributed by atoms with Crippen LogP contribution in [0.2, 0.25) is 0 Å². The molecule has 2 aromatic carbocycles. The number of hydroxylamine groups is 2. The van der Waals surface area contributed by atoms with Crippen LogP contribution in [0.5, 0.6) is 0 Å². The van der Waals surface area contributed by atoms with Gasteiger partial charge >= 0.3 is 11.9 Å². The van der Waals surface area contributed by atoms with Gasteiger partial charge in [0.25, 0.3) is 11.8 Å². The maximum atomic E-state index is 13.4. The average molecular weight is 707 g/mol. The Balaban J connectivity index is 1.59. The lowest BCUT2D eigenvalue weighted by Crippen LogP contribution is -2.48. The molecule has 1 aromatic heterocycles. The standard InChI is InChI=1S/C37H46N4O10/c1-5-7-9-14-28(30(6-2)41(24-42)50-22-25-12-10-8-11-13-25)35(45)38-23-39-36(46)32-20-19-31(51-32)26-15-17-27(18-16-26)34(44)40-29(37(47)49-4)21-33(43)48-3/h8,10-13,15-20,24,28-30H,5-7,9,14,21-23H2,1-4H3,(H,38,45)(H,39,46)(H,40,44)/t28-,29-,30-/m1/s1. The molecule has 3 aromatic rings. The highest BCUT2D eigenvalue weighted by molar-refractivity contribution is 5.98. The molecular weight excluding hydrogens is 660 g/mol. The van der Waals surface area contributed by atoms with Gasteiger partial charge in [0.1, 0.15) is 18.4 Å². The van der Waals surface area contributed by atoms with Gasteiger partial charge in [-0.3, -0.25) is 28.8 Å². The van der Waals surface area contributed by atoms with Gasteiger partial charge in [0.2, 0.25) is 12.3 Å². The largest absolute Gasteiger partial charge is 0.469 e. The van der Waals surface area contributed by atoms with E-state index in [1.165, 1.54) is 30.4 Å². The minimum absolute atomic E-state index is 0.00262. The predicted molar refractivity (Wildman–Crippen MR) is 185 cm³/mol. The van der Waals surface area contributed by atoms with Crippen LogP contribution in [-0.2, 0) is 40.1 Å². The summed E-state index contributed by atoms with van der Waals surface area (Å²) in [7, 11) is 2.31. The Morgan fingerprint density at radius 3 is 2.22 bits per heavy atom. The Morgan fingerprint density at radius 2 is 1.59 bits per heavy atom. The summed E-state index contributed by atoms with van der Waals surface area (Å²) < 4.78 is 15.0. The van der Waals surface area contributed by atoms with Gasteiger partial charge in [0, 0.05) is 11.1 Å². The number of nitrogens with zero attached hydrogens (tertiary/aromatic N) is 1. The zero-order valence-electron chi connectivity index (χ0n) is 29.3. The molecule has 51 heavy (non-hydrogen) atoms. The van der Waals surface area contributed by atoms with Crippen molar-refractivity contribution in [2.45, 2.75) is 71.1 Å². The molecule has 0 aliphatic rings. The third kappa shape index (κ3) is 12.1. The number of hydrogen-bond acceptors (Lipinski definition) is 10. The van der Waals surface area contributed by atoms with E-state index >= 15 is 0 Å². The minimum Gasteiger partial charge on any atom is -0.469 e. The fraction of sp³-hybridized carbons (Fsp3) is 0.405. The fourth-order valence-electron chi connectivity index (χ4n) is 5.34. The first kappa shape index (κ1) is 39.9. The van der Waals surface area contributed by atoms with Gasteiger partial charge in [-0.25, -0.2) is 9.86 Å². The highest BCUT2D eigenvalue weighted by atomic mass is 16.7. The first-order valence-corrected chi connectivity index (χ1v) is 16.8. The number of benzene rings is 2. The number of amides is 4. The molecule has 0 unspecified atom stereocenters. The van der Waals surface area contributed by atoms with Crippen molar-refractivity contribution in [3.8, 4) is 11.3 Å². The van der Waals surface area contributed by atoms with E-state index in [4.69, 9.17) is 9.25 Å². The molecule has 0 aliphatic heterocycles. The molecule has 14 nitrogen and oxygen atoms in total. The summed E-state index contributed by atoms with van der Waals surface area (Å²) in [4.78, 5) is 80.6. The Morgan fingerprint density at radius 1 is 0.863 bits per heavy atom. The summed E-state index contributed by atoms with van der Waals surface area (Å²) in [6.07, 6.45) is 3.89. The van der Waals surface area contributed by atoms with Gasteiger partial charge in [-0.05, 0) is 42.7 Å². The summed E-state index contributed by atoms with van der Waals surface area (Å²) in [5.74, 6) is -3.20. The van der Waals surface area contributed by atoms with E-state index in [0.29, 0.717) is 30.6 Å². The van der Waals surface area contributed by atoms with E-state index in [-0.39, 0.29) is 30.5 Å². The average Bonchev–Trinajstić information content (AvgIpc) is 3.66. The third-order valence-electron chi connectivity index (χ3n) is 8.15. The molecule has 0 fully saturated rings. The van der Waals surface area contributed by atoms with Crippen LogP contribution in [0.15, 0.2) is 71.1 Å². The molecule has 3 atom stereocenters. The molecule has 14 heteroatoms. The zero-order valence-corrected chi connectivity index (χ0v) is 29.3. The molecule has 0 spiro atoms. The maximum Gasteiger partial charge on any atom is 0.328 e. The first-order valence-electron chi connectivity index (χ1n) is 16.8. The summed E-state index contributed by atoms with van der Waals surface area (Å²) in [5, 5.41) is 9.08. The predicted octanol–water partition coefficient (Wildman–Crippen LogP) is 4.15. The van der Waals surface area contributed by atoms with Gasteiger partial charge in [0.15, 0.2) is 5.76 Å². The summed E-state index contributed by atoms with van der Waals surface area (Å²) in [6, 6.07) is 16.9. The molecule has 1 heterocycles. The highest BCUT2D eigenvalue weighted by Crippen LogP contribution is 2.24. The number of methoxy groups -OCH3 is 2. The Bertz CT molecular complexity index is 1590. The molecule has 3 N–H and O–H groups in total. The van der Waals surface area contributed by atoms with Gasteiger partial charge in [-0.2, -0.15) is 0 Å². The van der Waals surface area contributed by atoms with Crippen molar-refractivity contribution in [1.82, 2.24) is 21.0 Å². The van der Waals surface area contributed by atoms with Crippen LogP contribution in [0, 0.1) is 5.92 Å². The van der Waals surface area contributed by atoms with Crippen molar-refractivity contribution >= 4 is 36.1 Å². The molecule has 0 saturated heterocycles. The number of nitrogens with one attached hydrogen (secondary N) is 3. The summed E-state index contributed by atoms with van der Waals surface area (Å²) in [5.41, 5.74) is 1.65. The molecule has 0 saturated carbocycles. The SMILES string of the molecule is CCCCC[C@@H](C(=O)NCNC(=O)c1ccc(-c2ccc(C(=O)N[C@H](CC(=O)OC)C(=O)OC)cc2)o1)[C@@H](CC)N(C=O)OCc1ccccc1. The van der Waals surface area contributed by atoms with Crippen LogP contribution < -0.4 is 16.0 Å². The summed E-state index contributed by atoms with van der Waals surface area (Å²) >= 11 is 0. The molecule has 4 amide bonds. The molecule has 3 rings (SSSR count). The van der Waals surface area contributed by atoms with E-state index in [2.05, 4.69) is 32.3 Å². The van der Waals surface area contributed by atoms with Crippen LogP contribution in [0.25, 0.3) is 11.3 Å². The normalized spacial score (nSPS) is 12.5. The maximum absolute atomic E-state index is 13.4. The molecule has 0 aliphatic carbocycles. The van der Waals surface area contributed by atoms with Crippen molar-refractivity contribution in [2.75, 3.05) is 20.9 Å². The minimum atomic E-state index is -1.23. The number of rotatable bonds is 21. The number of carbonyl (C=O) groups excluding carboxylic acids is 6. The van der Waals surface area contributed by atoms with Crippen LogP contribution in [-0.4, -0.2) is 74.1 Å². The fourth-order valence-corrected chi connectivity index (χ4v) is 5.34. The smallest absolute Gasteiger partial charge is 0.328 e. The molecule has 0 bridgehead atoms. The van der Waals surface area contributed by atoms with Crippen molar-refractivity contribution in [2.24, 2.45) is 5.92 Å². The Hall–Kier alpha value is -5.50. The van der Waals surface area contributed by atoms with Crippen LogP contribution >= 0.6 is 0 Å². The number of furan rings is 1. The topological polar surface area (TPSA) is 183 Å². The number of carbonyl (C=O) groups is 6. The van der Waals surface area contributed by atoms with E-state index < -0.39 is 48.2 Å². The number of esters is 2. The molecule has 274 valence electrons. The van der Waals surface area contributed by atoms with Gasteiger partial charge in [0.05, 0.1) is 39.3 Å². The van der Waals surface area contributed by atoms with E-state index in [1.807, 2.05) is 37.3 Å². The van der Waals surface area contributed by atoms with E-state index in [0.717, 1.165) is 31.9 Å². The monoisotopic (exact) mass is 706 g/mol. The van der Waals surface area contributed by atoms with Crippen molar-refractivity contribution in [3.05, 3.63) is 83.6 Å². The zero-order chi connectivity index (χ0) is 37.2. The first-order chi connectivity index (χ1) is 24.6. The van der Waals surface area contributed by atoms with E-state index in [1.54, 1.807) is 18.2 Å². The second kappa shape index (κ2) is 20.9. The van der Waals surface area contributed by atoms with Crippen LogP contribution in [0.4, 0.5) is 0 Å². The van der Waals surface area contributed by atoms with Crippen molar-refractivity contribution in [3.63, 3.8) is 0 Å². The quantitative estimate of drug-likeness (QED) is 0.0479. The Labute approximate surface area is 297 Å². The highest BCUT2D eigenvalue weighted by Gasteiger charge is 2.32. The van der Waals surface area contributed by atoms with Gasteiger partial charge < -0.3 is 29.8 Å². The third-order valence-corrected chi connectivity index (χ3v) is 8.15. The van der Waals surface area contributed by atoms with Crippen molar-refractivity contribution in [1.29, 1.82) is 0 Å². The number of ether oxygens (including phenoxy) is 2. The summed E-state index contributed by atoms with van der Waals surface area (Å²) in [6.45, 7) is 3.96. The lowest BCUT2D eigenvalue weighted by atomic mass is 9.90. The molecule has 0 radical (unpaired) electrons. The Kier molecular flexibility index (Phi) is 16.4. The van der Waals surface area contributed by atoms with Gasteiger partial charge in [-0.15, -0.1) is 0 Å². The lowest BCUT2D eigenvalue weighted by Gasteiger charge is -2.32.